The van der Waals surface area contributed by atoms with E-state index in [1.54, 1.807) is 18.2 Å². The summed E-state index contributed by atoms with van der Waals surface area (Å²) < 4.78 is 48.4. The van der Waals surface area contributed by atoms with Crippen molar-refractivity contribution in [3.63, 3.8) is 0 Å². The minimum atomic E-state index is -3.40. The molecule has 0 unspecified atom stereocenters. The standard InChI is InChI=1S/C30H34ClFN7O4PS/c1-4-37-20-33-16-23(37)17-39-25-15-29(44(40,41-2)42-3)45-30(25)35-27(39)18-36-10-12-38(13-11-36)26-6-5-7-28(34-26)43-19-21-8-9-22(31)14-24(21)32/h5-9,14-16,20H,4,10-13,17-19H2,1-3H3. The maximum absolute atomic E-state index is 14.2. The first-order valence-electron chi connectivity index (χ1n) is 14.5. The predicted molar refractivity (Wildman–Crippen MR) is 173 cm³/mol. The average molecular weight is 674 g/mol. The number of fused-ring (bicyclic) bond motifs is 1. The molecule has 0 amide bonds. The molecule has 0 spiro atoms. The zero-order valence-corrected chi connectivity index (χ0v) is 27.7. The highest BCUT2D eigenvalue weighted by atomic mass is 35.5. The highest BCUT2D eigenvalue weighted by Crippen LogP contribution is 2.48. The molecule has 1 aliphatic heterocycles. The summed E-state index contributed by atoms with van der Waals surface area (Å²) in [5.41, 5.74) is 2.37. The van der Waals surface area contributed by atoms with Gasteiger partial charge in [-0.15, -0.1) is 11.3 Å². The number of anilines is 1. The van der Waals surface area contributed by atoms with E-state index in [0.717, 1.165) is 60.4 Å². The van der Waals surface area contributed by atoms with Gasteiger partial charge < -0.3 is 27.8 Å². The van der Waals surface area contributed by atoms with Gasteiger partial charge in [-0.25, -0.2) is 14.4 Å². The Morgan fingerprint density at radius 2 is 1.84 bits per heavy atom. The molecule has 0 bridgehead atoms. The van der Waals surface area contributed by atoms with E-state index in [2.05, 4.69) is 35.8 Å². The van der Waals surface area contributed by atoms with Gasteiger partial charge in [-0.3, -0.25) is 9.46 Å². The van der Waals surface area contributed by atoms with E-state index in [0.29, 0.717) is 34.2 Å². The number of thiophene rings is 1. The molecule has 0 aliphatic carbocycles. The monoisotopic (exact) mass is 673 g/mol. The lowest BCUT2D eigenvalue weighted by atomic mass is 10.2. The van der Waals surface area contributed by atoms with Gasteiger partial charge in [-0.05, 0) is 31.2 Å². The number of nitrogens with zero attached hydrogens (tertiary/aromatic N) is 7. The van der Waals surface area contributed by atoms with Crippen molar-refractivity contribution in [3.05, 3.63) is 82.9 Å². The highest BCUT2D eigenvalue weighted by Gasteiger charge is 2.30. The van der Waals surface area contributed by atoms with Gasteiger partial charge in [-0.2, -0.15) is 4.98 Å². The van der Waals surface area contributed by atoms with Crippen molar-refractivity contribution in [3.8, 4) is 5.88 Å². The van der Waals surface area contributed by atoms with Crippen molar-refractivity contribution >= 4 is 51.3 Å². The van der Waals surface area contributed by atoms with Crippen LogP contribution in [0.5, 0.6) is 5.88 Å². The first-order chi connectivity index (χ1) is 21.8. The van der Waals surface area contributed by atoms with Gasteiger partial charge in [0.25, 0.3) is 0 Å². The Morgan fingerprint density at radius 1 is 1.04 bits per heavy atom. The molecule has 45 heavy (non-hydrogen) atoms. The summed E-state index contributed by atoms with van der Waals surface area (Å²) in [6.07, 6.45) is 3.70. The van der Waals surface area contributed by atoms with Gasteiger partial charge in [0.1, 0.15) is 33.5 Å². The molecule has 4 aromatic heterocycles. The number of aryl methyl sites for hydroxylation is 1. The number of benzene rings is 1. The fraction of sp³-hybridized carbons (Fsp3) is 0.367. The van der Waals surface area contributed by atoms with Gasteiger partial charge in [-0.1, -0.05) is 23.7 Å². The smallest absolute Gasteiger partial charge is 0.370 e. The van der Waals surface area contributed by atoms with E-state index in [-0.39, 0.29) is 6.61 Å². The van der Waals surface area contributed by atoms with Crippen LogP contribution in [-0.4, -0.2) is 69.4 Å². The fourth-order valence-corrected chi connectivity index (χ4v) is 8.24. The molecule has 11 nitrogen and oxygen atoms in total. The van der Waals surface area contributed by atoms with E-state index < -0.39 is 13.4 Å². The summed E-state index contributed by atoms with van der Waals surface area (Å²) in [5.74, 6) is 1.76. The summed E-state index contributed by atoms with van der Waals surface area (Å²) in [5, 5.41) is 0.345. The van der Waals surface area contributed by atoms with E-state index in [1.165, 1.54) is 31.6 Å². The third-order valence-corrected chi connectivity index (χ3v) is 11.5. The predicted octanol–water partition coefficient (Wildman–Crippen LogP) is 5.56. The van der Waals surface area contributed by atoms with Crippen LogP contribution in [-0.2, 0) is 39.9 Å². The van der Waals surface area contributed by atoms with E-state index in [4.69, 9.17) is 30.4 Å². The third kappa shape index (κ3) is 6.79. The lowest BCUT2D eigenvalue weighted by Crippen LogP contribution is -2.46. The molecule has 5 aromatic rings. The zero-order valence-electron chi connectivity index (χ0n) is 25.2. The number of imidazole rings is 2. The maximum atomic E-state index is 14.2. The second kappa shape index (κ2) is 13.6. The van der Waals surface area contributed by atoms with Crippen LogP contribution in [0, 0.1) is 5.82 Å². The van der Waals surface area contributed by atoms with Crippen molar-refractivity contribution in [1.29, 1.82) is 0 Å². The average Bonchev–Trinajstić information content (AvgIpc) is 3.77. The van der Waals surface area contributed by atoms with Crippen LogP contribution < -0.4 is 14.3 Å². The normalized spacial score (nSPS) is 14.5. The number of piperazine rings is 1. The lowest BCUT2D eigenvalue weighted by molar-refractivity contribution is 0.240. The molecule has 1 aliphatic rings. The van der Waals surface area contributed by atoms with Crippen LogP contribution in [0.1, 0.15) is 24.0 Å². The molecule has 15 heteroatoms. The van der Waals surface area contributed by atoms with Crippen molar-refractivity contribution in [2.75, 3.05) is 45.3 Å². The maximum Gasteiger partial charge on any atom is 0.370 e. The Hall–Kier alpha value is -3.32. The number of hydrogen-bond donors (Lipinski definition) is 0. The molecular weight excluding hydrogens is 640 g/mol. The van der Waals surface area contributed by atoms with Crippen LogP contribution in [0.25, 0.3) is 10.3 Å². The number of hydrogen-bond acceptors (Lipinski definition) is 10. The Morgan fingerprint density at radius 3 is 2.58 bits per heavy atom. The van der Waals surface area contributed by atoms with E-state index in [9.17, 15) is 8.96 Å². The third-order valence-electron chi connectivity index (χ3n) is 7.88. The quantitative estimate of drug-likeness (QED) is 0.158. The Labute approximate surface area is 269 Å². The van der Waals surface area contributed by atoms with Crippen molar-refractivity contribution < 1.29 is 22.7 Å². The van der Waals surface area contributed by atoms with Crippen molar-refractivity contribution in [2.24, 2.45) is 0 Å². The summed E-state index contributed by atoms with van der Waals surface area (Å²) in [6, 6.07) is 12.0. The first-order valence-corrected chi connectivity index (χ1v) is 17.2. The molecule has 1 fully saturated rings. The molecule has 0 radical (unpaired) electrons. The minimum Gasteiger partial charge on any atom is -0.473 e. The molecular formula is C30H34ClFN7O4PS. The highest BCUT2D eigenvalue weighted by molar-refractivity contribution is 7.69. The molecule has 1 saturated heterocycles. The van der Waals surface area contributed by atoms with Crippen LogP contribution in [0.2, 0.25) is 5.02 Å². The summed E-state index contributed by atoms with van der Waals surface area (Å²) in [7, 11) is -0.615. The van der Waals surface area contributed by atoms with Crippen molar-refractivity contribution in [1.82, 2.24) is 29.0 Å². The van der Waals surface area contributed by atoms with Gasteiger partial charge in [0, 0.05) is 69.8 Å². The Kier molecular flexibility index (Phi) is 9.55. The fourth-order valence-electron chi connectivity index (χ4n) is 5.35. The second-order valence-corrected chi connectivity index (χ2v) is 14.5. The lowest BCUT2D eigenvalue weighted by Gasteiger charge is -2.35. The minimum absolute atomic E-state index is 0.0619. The summed E-state index contributed by atoms with van der Waals surface area (Å²) >= 11 is 7.20. The van der Waals surface area contributed by atoms with E-state index >= 15 is 0 Å². The molecule has 5 heterocycles. The summed E-state index contributed by atoms with van der Waals surface area (Å²) in [4.78, 5) is 19.4. The number of pyridine rings is 1. The first kappa shape index (κ1) is 31.7. The molecule has 0 N–H and O–H groups in total. The Balaban J connectivity index is 1.15. The van der Waals surface area contributed by atoms with Crippen molar-refractivity contribution in [2.45, 2.75) is 33.2 Å². The van der Waals surface area contributed by atoms with Crippen LogP contribution in [0.4, 0.5) is 10.2 Å². The zero-order chi connectivity index (χ0) is 31.6. The number of aromatic nitrogens is 5. The molecule has 0 atom stereocenters. The van der Waals surface area contributed by atoms with Crippen LogP contribution in [0.15, 0.2) is 55.0 Å². The molecule has 238 valence electrons. The molecule has 6 rings (SSSR count). The van der Waals surface area contributed by atoms with Gasteiger partial charge in [0.15, 0.2) is 0 Å². The van der Waals surface area contributed by atoms with Gasteiger partial charge in [0.2, 0.25) is 5.88 Å². The second-order valence-electron chi connectivity index (χ2n) is 10.5. The number of rotatable bonds is 12. The largest absolute Gasteiger partial charge is 0.473 e. The number of ether oxygens (including phenoxy) is 1. The number of halogens is 2. The van der Waals surface area contributed by atoms with Gasteiger partial charge in [0.05, 0.1) is 30.6 Å². The van der Waals surface area contributed by atoms with Crippen LogP contribution >= 0.6 is 30.5 Å². The SMILES string of the molecule is CCn1cncc1Cn1c(CN2CCN(c3cccc(OCc4ccc(Cl)cc4F)n3)CC2)nc2sc(P(=O)(OC)OC)cc21. The van der Waals surface area contributed by atoms with Gasteiger partial charge >= 0.3 is 7.60 Å². The van der Waals surface area contributed by atoms with Crippen LogP contribution in [0.3, 0.4) is 0 Å². The Bertz CT molecular complexity index is 1830. The molecule has 1 aromatic carbocycles. The topological polar surface area (TPSA) is 99.8 Å². The van der Waals surface area contributed by atoms with E-state index in [1.807, 2.05) is 30.7 Å². The molecule has 0 saturated carbocycles. The summed E-state index contributed by atoms with van der Waals surface area (Å²) in [6.45, 7) is 7.35.